The summed E-state index contributed by atoms with van der Waals surface area (Å²) in [5.74, 6) is 0.472. The number of benzene rings is 1. The van der Waals surface area contributed by atoms with Crippen LogP contribution < -0.4 is 4.74 Å². The lowest BCUT2D eigenvalue weighted by atomic mass is 10.0. The molecule has 1 heterocycles. The number of ether oxygens (including phenoxy) is 1. The molecular formula is C15H22FNO. The fourth-order valence-electron chi connectivity index (χ4n) is 2.28. The van der Waals surface area contributed by atoms with Crippen LogP contribution in [0.25, 0.3) is 0 Å². The highest BCUT2D eigenvalue weighted by Crippen LogP contribution is 2.22. The van der Waals surface area contributed by atoms with Gasteiger partial charge >= 0.3 is 0 Å². The van der Waals surface area contributed by atoms with E-state index in [1.165, 1.54) is 12.8 Å². The molecular weight excluding hydrogens is 229 g/mol. The Morgan fingerprint density at radius 3 is 2.61 bits per heavy atom. The molecule has 1 aromatic rings. The van der Waals surface area contributed by atoms with Gasteiger partial charge in [0.05, 0.1) is 0 Å². The van der Waals surface area contributed by atoms with Crippen molar-refractivity contribution in [2.75, 3.05) is 26.2 Å². The van der Waals surface area contributed by atoms with Crippen molar-refractivity contribution in [2.24, 2.45) is 0 Å². The maximum Gasteiger partial charge on any atom is 0.165 e. The molecule has 100 valence electrons. The van der Waals surface area contributed by atoms with Crippen molar-refractivity contribution in [2.45, 2.75) is 32.6 Å². The Labute approximate surface area is 109 Å². The van der Waals surface area contributed by atoms with Crippen molar-refractivity contribution in [1.82, 2.24) is 4.90 Å². The highest BCUT2D eigenvalue weighted by molar-refractivity contribution is 5.30. The summed E-state index contributed by atoms with van der Waals surface area (Å²) in [6.07, 6.45) is 2.55. The Morgan fingerprint density at radius 1 is 1.28 bits per heavy atom. The molecule has 18 heavy (non-hydrogen) atoms. The third-order valence-electron chi connectivity index (χ3n) is 3.49. The molecule has 0 aliphatic carbocycles. The van der Waals surface area contributed by atoms with E-state index >= 15 is 0 Å². The molecule has 0 atom stereocenters. The molecule has 0 spiro atoms. The first-order chi connectivity index (χ1) is 8.66. The Balaban J connectivity index is 1.85. The number of rotatable bonds is 5. The van der Waals surface area contributed by atoms with E-state index in [0.29, 0.717) is 18.3 Å². The minimum absolute atomic E-state index is 0.248. The van der Waals surface area contributed by atoms with Crippen LogP contribution in [0.3, 0.4) is 0 Å². The number of halogens is 1. The van der Waals surface area contributed by atoms with Crippen LogP contribution >= 0.6 is 0 Å². The van der Waals surface area contributed by atoms with Gasteiger partial charge in [0.25, 0.3) is 0 Å². The largest absolute Gasteiger partial charge is 0.489 e. The molecule has 3 heteroatoms. The van der Waals surface area contributed by atoms with Crippen molar-refractivity contribution in [3.8, 4) is 5.75 Å². The van der Waals surface area contributed by atoms with E-state index in [1.807, 2.05) is 6.07 Å². The van der Waals surface area contributed by atoms with Crippen molar-refractivity contribution in [3.05, 3.63) is 29.6 Å². The summed E-state index contributed by atoms with van der Waals surface area (Å²) in [6, 6.07) is 5.27. The second kappa shape index (κ2) is 6.19. The van der Waals surface area contributed by atoms with Crippen molar-refractivity contribution >= 4 is 0 Å². The zero-order valence-corrected chi connectivity index (χ0v) is 11.3. The average molecular weight is 251 g/mol. The summed E-state index contributed by atoms with van der Waals surface area (Å²) < 4.78 is 19.3. The third-order valence-corrected chi connectivity index (χ3v) is 3.49. The quantitative estimate of drug-likeness (QED) is 0.795. The van der Waals surface area contributed by atoms with Gasteiger partial charge in [-0.3, -0.25) is 4.90 Å². The van der Waals surface area contributed by atoms with Gasteiger partial charge in [-0.25, -0.2) is 4.39 Å². The second-order valence-corrected chi connectivity index (χ2v) is 5.24. The van der Waals surface area contributed by atoms with Crippen LogP contribution in [-0.2, 0) is 0 Å². The normalized spacial score (nSPS) is 16.4. The standard InChI is InChI=1S/C15H22FNO/c1-12(2)13-5-6-15(14(16)11-13)18-10-9-17-7-3-4-8-17/h5-6,11-12H,3-4,7-10H2,1-2H3. The highest BCUT2D eigenvalue weighted by Gasteiger charge is 2.12. The minimum atomic E-state index is -0.248. The zero-order chi connectivity index (χ0) is 13.0. The summed E-state index contributed by atoms with van der Waals surface area (Å²) in [6.45, 7) is 7.88. The molecule has 0 N–H and O–H groups in total. The van der Waals surface area contributed by atoms with E-state index in [1.54, 1.807) is 12.1 Å². The van der Waals surface area contributed by atoms with Gasteiger partial charge in [-0.15, -0.1) is 0 Å². The average Bonchev–Trinajstić information content (AvgIpc) is 2.84. The van der Waals surface area contributed by atoms with Gasteiger partial charge in [0.15, 0.2) is 11.6 Å². The number of hydrogen-bond donors (Lipinski definition) is 0. The molecule has 1 saturated heterocycles. The van der Waals surface area contributed by atoms with Crippen LogP contribution in [0.4, 0.5) is 4.39 Å². The summed E-state index contributed by atoms with van der Waals surface area (Å²) in [5, 5.41) is 0. The molecule has 0 radical (unpaired) electrons. The molecule has 1 aromatic carbocycles. The van der Waals surface area contributed by atoms with Crippen LogP contribution in [0.1, 0.15) is 38.2 Å². The molecule has 2 nitrogen and oxygen atoms in total. The second-order valence-electron chi connectivity index (χ2n) is 5.24. The molecule has 0 amide bonds. The zero-order valence-electron chi connectivity index (χ0n) is 11.3. The van der Waals surface area contributed by atoms with Gasteiger partial charge < -0.3 is 4.74 Å². The summed E-state index contributed by atoms with van der Waals surface area (Å²) >= 11 is 0. The van der Waals surface area contributed by atoms with Crippen LogP contribution in [-0.4, -0.2) is 31.1 Å². The van der Waals surface area contributed by atoms with Crippen molar-refractivity contribution < 1.29 is 9.13 Å². The molecule has 1 aliphatic heterocycles. The summed E-state index contributed by atoms with van der Waals surface area (Å²) in [5.41, 5.74) is 1.01. The van der Waals surface area contributed by atoms with Crippen LogP contribution in [0.5, 0.6) is 5.75 Å². The van der Waals surface area contributed by atoms with Crippen LogP contribution in [0.15, 0.2) is 18.2 Å². The van der Waals surface area contributed by atoms with Crippen LogP contribution in [0.2, 0.25) is 0 Å². The van der Waals surface area contributed by atoms with Crippen LogP contribution in [0, 0.1) is 5.82 Å². The molecule has 0 saturated carbocycles. The monoisotopic (exact) mass is 251 g/mol. The summed E-state index contributed by atoms with van der Waals surface area (Å²) in [4.78, 5) is 2.36. The van der Waals surface area contributed by atoms with Crippen molar-refractivity contribution in [3.63, 3.8) is 0 Å². The van der Waals surface area contributed by atoms with Gasteiger partial charge in [-0.2, -0.15) is 0 Å². The lowest BCUT2D eigenvalue weighted by molar-refractivity contribution is 0.231. The van der Waals surface area contributed by atoms with E-state index in [-0.39, 0.29) is 5.82 Å². The highest BCUT2D eigenvalue weighted by atomic mass is 19.1. The predicted molar refractivity (Wildman–Crippen MR) is 71.7 cm³/mol. The molecule has 1 fully saturated rings. The lowest BCUT2D eigenvalue weighted by Gasteiger charge is -2.15. The third kappa shape index (κ3) is 3.45. The Bertz CT molecular complexity index is 386. The fourth-order valence-corrected chi connectivity index (χ4v) is 2.28. The van der Waals surface area contributed by atoms with E-state index in [0.717, 1.165) is 25.2 Å². The lowest BCUT2D eigenvalue weighted by Crippen LogP contribution is -2.25. The van der Waals surface area contributed by atoms with E-state index in [9.17, 15) is 4.39 Å². The fraction of sp³-hybridized carbons (Fsp3) is 0.600. The van der Waals surface area contributed by atoms with Gasteiger partial charge in [-0.05, 0) is 49.5 Å². The van der Waals surface area contributed by atoms with E-state index in [2.05, 4.69) is 18.7 Å². The number of nitrogens with zero attached hydrogens (tertiary/aromatic N) is 1. The summed E-state index contributed by atoms with van der Waals surface area (Å²) in [7, 11) is 0. The van der Waals surface area contributed by atoms with Gasteiger partial charge in [0.2, 0.25) is 0 Å². The SMILES string of the molecule is CC(C)c1ccc(OCCN2CCCC2)c(F)c1. The molecule has 1 aliphatic rings. The number of likely N-dealkylation sites (tertiary alicyclic amines) is 1. The topological polar surface area (TPSA) is 12.5 Å². The minimum Gasteiger partial charge on any atom is -0.489 e. The maximum atomic E-state index is 13.8. The van der Waals surface area contributed by atoms with E-state index in [4.69, 9.17) is 4.74 Å². The smallest absolute Gasteiger partial charge is 0.165 e. The Hall–Kier alpha value is -1.09. The molecule has 0 aromatic heterocycles. The molecule has 2 rings (SSSR count). The maximum absolute atomic E-state index is 13.8. The molecule has 0 bridgehead atoms. The molecule has 0 unspecified atom stereocenters. The number of hydrogen-bond acceptors (Lipinski definition) is 2. The van der Waals surface area contributed by atoms with Gasteiger partial charge in [0.1, 0.15) is 6.61 Å². The Kier molecular flexibility index (Phi) is 4.59. The first-order valence-electron chi connectivity index (χ1n) is 6.81. The predicted octanol–water partition coefficient (Wildman–Crippen LogP) is 3.42. The van der Waals surface area contributed by atoms with E-state index < -0.39 is 0 Å². The first-order valence-corrected chi connectivity index (χ1v) is 6.81. The first kappa shape index (κ1) is 13.3. The van der Waals surface area contributed by atoms with Gasteiger partial charge in [-0.1, -0.05) is 19.9 Å². The Morgan fingerprint density at radius 2 is 2.00 bits per heavy atom. The van der Waals surface area contributed by atoms with Gasteiger partial charge in [0, 0.05) is 6.54 Å². The van der Waals surface area contributed by atoms with Crippen molar-refractivity contribution in [1.29, 1.82) is 0 Å².